The number of carbonyl (C=O) groups is 2. The molecule has 0 radical (unpaired) electrons. The Hall–Kier alpha value is -1.99. The van der Waals surface area contributed by atoms with Crippen LogP contribution in [0.5, 0.6) is 0 Å². The van der Waals surface area contributed by atoms with Gasteiger partial charge in [0.05, 0.1) is 16.5 Å². The van der Waals surface area contributed by atoms with Gasteiger partial charge in [0.25, 0.3) is 0 Å². The van der Waals surface area contributed by atoms with Crippen molar-refractivity contribution in [1.82, 2.24) is 14.2 Å². The molecule has 1 aromatic heterocycles. The van der Waals surface area contributed by atoms with E-state index in [9.17, 15) is 9.59 Å². The number of amides is 2. The summed E-state index contributed by atoms with van der Waals surface area (Å²) < 4.78 is 5.97. The van der Waals surface area contributed by atoms with Crippen molar-refractivity contribution in [1.29, 1.82) is 0 Å². The summed E-state index contributed by atoms with van der Waals surface area (Å²) in [6, 6.07) is 8.48. The van der Waals surface area contributed by atoms with Crippen molar-refractivity contribution in [2.45, 2.75) is 32.1 Å². The number of piperazine rings is 1. The minimum absolute atomic E-state index is 0.00618. The first kappa shape index (κ1) is 19.7. The maximum atomic E-state index is 12.7. The fourth-order valence-electron chi connectivity index (χ4n) is 5.98. The SMILES string of the molecule is O=C1C2CCCCC2C(=O)N1CC1CC1CN1CCN(c2nsc3ccccc23)CC1. The molecular formula is C24H30N4O2S. The fourth-order valence-corrected chi connectivity index (χ4v) is 6.77. The van der Waals surface area contributed by atoms with Gasteiger partial charge in [-0.15, -0.1) is 0 Å². The standard InChI is InChI=1S/C24H30N4O2S/c29-23-18-5-1-2-6-19(18)24(30)28(23)15-17-13-16(17)14-26-9-11-27(12-10-26)22-20-7-3-4-8-21(20)31-25-22/h3-4,7-8,16-19H,1-2,5-6,9-15H2. The molecule has 0 N–H and O–H groups in total. The van der Waals surface area contributed by atoms with Gasteiger partial charge < -0.3 is 4.90 Å². The lowest BCUT2D eigenvalue weighted by atomic mass is 9.81. The third-order valence-electron chi connectivity index (χ3n) is 7.94. The molecule has 2 saturated carbocycles. The van der Waals surface area contributed by atoms with Gasteiger partial charge in [-0.3, -0.25) is 19.4 Å². The summed E-state index contributed by atoms with van der Waals surface area (Å²) in [7, 11) is 0. The number of nitrogens with zero attached hydrogens (tertiary/aromatic N) is 4. The molecule has 2 saturated heterocycles. The number of benzene rings is 1. The first-order chi connectivity index (χ1) is 15.2. The molecule has 6 rings (SSSR count). The number of rotatable bonds is 5. The van der Waals surface area contributed by atoms with Crippen LogP contribution in [0.2, 0.25) is 0 Å². The van der Waals surface area contributed by atoms with Gasteiger partial charge >= 0.3 is 0 Å². The summed E-state index contributed by atoms with van der Waals surface area (Å²) in [5, 5.41) is 1.27. The predicted octanol–water partition coefficient (Wildman–Crippen LogP) is 3.23. The Morgan fingerprint density at radius 1 is 0.903 bits per heavy atom. The second-order valence-electron chi connectivity index (χ2n) is 9.83. The van der Waals surface area contributed by atoms with Crippen LogP contribution in [0.25, 0.3) is 10.1 Å². The van der Waals surface area contributed by atoms with Crippen LogP contribution in [0.1, 0.15) is 32.1 Å². The van der Waals surface area contributed by atoms with Gasteiger partial charge in [-0.2, -0.15) is 4.37 Å². The van der Waals surface area contributed by atoms with E-state index in [1.165, 1.54) is 10.1 Å². The van der Waals surface area contributed by atoms with E-state index in [1.807, 2.05) is 0 Å². The molecule has 0 spiro atoms. The Morgan fingerprint density at radius 3 is 2.32 bits per heavy atom. The van der Waals surface area contributed by atoms with Gasteiger partial charge in [0, 0.05) is 44.7 Å². The van der Waals surface area contributed by atoms with Gasteiger partial charge in [0.1, 0.15) is 5.82 Å². The molecule has 2 aliphatic carbocycles. The molecule has 31 heavy (non-hydrogen) atoms. The van der Waals surface area contributed by atoms with E-state index >= 15 is 0 Å². The van der Waals surface area contributed by atoms with Crippen LogP contribution in [0.3, 0.4) is 0 Å². The number of carbonyl (C=O) groups excluding carboxylic acids is 2. The van der Waals surface area contributed by atoms with Crippen LogP contribution in [0.4, 0.5) is 5.82 Å². The highest BCUT2D eigenvalue weighted by molar-refractivity contribution is 7.13. The highest BCUT2D eigenvalue weighted by atomic mass is 32.1. The minimum atomic E-state index is -0.00618. The second kappa shape index (κ2) is 7.85. The number of aromatic nitrogens is 1. The number of imide groups is 1. The fraction of sp³-hybridized carbons (Fsp3) is 0.625. The Balaban J connectivity index is 1.01. The second-order valence-corrected chi connectivity index (χ2v) is 10.6. The number of hydrogen-bond donors (Lipinski definition) is 0. The Labute approximate surface area is 187 Å². The average molecular weight is 439 g/mol. The molecule has 3 heterocycles. The van der Waals surface area contributed by atoms with Crippen LogP contribution in [0, 0.1) is 23.7 Å². The van der Waals surface area contributed by atoms with Crippen molar-refractivity contribution in [2.75, 3.05) is 44.2 Å². The van der Waals surface area contributed by atoms with E-state index in [0.717, 1.165) is 70.6 Å². The smallest absolute Gasteiger partial charge is 0.233 e. The van der Waals surface area contributed by atoms with E-state index in [2.05, 4.69) is 34.1 Å². The van der Waals surface area contributed by atoms with Gasteiger partial charge in [-0.1, -0.05) is 25.0 Å². The summed E-state index contributed by atoms with van der Waals surface area (Å²) >= 11 is 1.59. The molecule has 6 nitrogen and oxygen atoms in total. The maximum absolute atomic E-state index is 12.7. The maximum Gasteiger partial charge on any atom is 0.233 e. The molecule has 4 aliphatic rings. The van der Waals surface area contributed by atoms with Gasteiger partial charge in [0.2, 0.25) is 11.8 Å². The first-order valence-electron chi connectivity index (χ1n) is 11.9. The van der Waals surface area contributed by atoms with Crippen LogP contribution >= 0.6 is 11.5 Å². The zero-order valence-corrected chi connectivity index (χ0v) is 18.7. The average Bonchev–Trinajstić information content (AvgIpc) is 3.31. The molecule has 4 atom stereocenters. The summed E-state index contributed by atoms with van der Waals surface area (Å²) in [5.74, 6) is 2.52. The molecule has 7 heteroatoms. The molecule has 2 aliphatic heterocycles. The zero-order valence-electron chi connectivity index (χ0n) is 17.9. The Morgan fingerprint density at radius 2 is 1.58 bits per heavy atom. The number of fused-ring (bicyclic) bond motifs is 2. The molecule has 1 aromatic carbocycles. The number of anilines is 1. The lowest BCUT2D eigenvalue weighted by Gasteiger charge is -2.35. The molecule has 164 valence electrons. The summed E-state index contributed by atoms with van der Waals surface area (Å²) in [6.07, 6.45) is 5.19. The molecule has 2 amide bonds. The summed E-state index contributed by atoms with van der Waals surface area (Å²) in [4.78, 5) is 32.1. The van der Waals surface area contributed by atoms with E-state index < -0.39 is 0 Å². The van der Waals surface area contributed by atoms with Crippen LogP contribution in [-0.2, 0) is 9.59 Å². The van der Waals surface area contributed by atoms with Crippen LogP contribution < -0.4 is 4.90 Å². The third-order valence-corrected chi connectivity index (χ3v) is 8.76. The molecule has 2 aromatic rings. The van der Waals surface area contributed by atoms with E-state index in [4.69, 9.17) is 4.37 Å². The topological polar surface area (TPSA) is 56.8 Å². The molecule has 0 bridgehead atoms. The van der Waals surface area contributed by atoms with Crippen molar-refractivity contribution in [3.05, 3.63) is 24.3 Å². The van der Waals surface area contributed by atoms with Crippen molar-refractivity contribution in [3.8, 4) is 0 Å². The van der Waals surface area contributed by atoms with E-state index in [1.54, 1.807) is 16.4 Å². The number of likely N-dealkylation sites (tertiary alicyclic amines) is 1. The highest BCUT2D eigenvalue weighted by Crippen LogP contribution is 2.44. The van der Waals surface area contributed by atoms with Crippen molar-refractivity contribution in [2.24, 2.45) is 23.7 Å². The Kier molecular flexibility index (Phi) is 4.98. The van der Waals surface area contributed by atoms with Crippen molar-refractivity contribution < 1.29 is 9.59 Å². The van der Waals surface area contributed by atoms with E-state index in [-0.39, 0.29) is 23.7 Å². The predicted molar refractivity (Wildman–Crippen MR) is 122 cm³/mol. The normalized spacial score (nSPS) is 31.5. The summed E-state index contributed by atoms with van der Waals surface area (Å²) in [6.45, 7) is 5.90. The van der Waals surface area contributed by atoms with E-state index in [0.29, 0.717) is 18.4 Å². The van der Waals surface area contributed by atoms with Gasteiger partial charge in [0.15, 0.2) is 0 Å². The largest absolute Gasteiger partial charge is 0.353 e. The molecule has 4 fully saturated rings. The summed E-state index contributed by atoms with van der Waals surface area (Å²) in [5.41, 5.74) is 0. The lowest BCUT2D eigenvalue weighted by Crippen LogP contribution is -2.47. The number of hydrogen-bond acceptors (Lipinski definition) is 6. The minimum Gasteiger partial charge on any atom is -0.353 e. The van der Waals surface area contributed by atoms with Crippen molar-refractivity contribution in [3.63, 3.8) is 0 Å². The molecular weight excluding hydrogens is 408 g/mol. The quantitative estimate of drug-likeness (QED) is 0.671. The highest BCUT2D eigenvalue weighted by Gasteiger charge is 2.51. The lowest BCUT2D eigenvalue weighted by molar-refractivity contribution is -0.140. The first-order valence-corrected chi connectivity index (χ1v) is 12.6. The zero-order chi connectivity index (χ0) is 20.9. The monoisotopic (exact) mass is 438 g/mol. The van der Waals surface area contributed by atoms with Crippen LogP contribution in [-0.4, -0.2) is 65.3 Å². The molecule has 4 unspecified atom stereocenters. The van der Waals surface area contributed by atoms with Gasteiger partial charge in [-0.05, 0) is 54.8 Å². The Bertz CT molecular complexity index is 974. The van der Waals surface area contributed by atoms with Crippen molar-refractivity contribution >= 4 is 39.3 Å². The van der Waals surface area contributed by atoms with Gasteiger partial charge in [-0.25, -0.2) is 0 Å². The van der Waals surface area contributed by atoms with Crippen LogP contribution in [0.15, 0.2) is 24.3 Å². The third kappa shape index (κ3) is 3.55.